The fourth-order valence-corrected chi connectivity index (χ4v) is 4.15. The summed E-state index contributed by atoms with van der Waals surface area (Å²) in [6.45, 7) is 7.33. The lowest BCUT2D eigenvalue weighted by atomic mass is 9.98. The largest absolute Gasteiger partial charge is 0.496 e. The molecule has 2 aliphatic rings. The first-order valence-electron chi connectivity index (χ1n) is 13.2. The highest BCUT2D eigenvalue weighted by Crippen LogP contribution is 2.32. The van der Waals surface area contributed by atoms with Gasteiger partial charge in [-0.2, -0.15) is 9.98 Å². The average molecular weight is 514 g/mol. The number of allylic oxidation sites excluding steroid dienone is 3. The van der Waals surface area contributed by atoms with Crippen molar-refractivity contribution in [3.8, 4) is 0 Å². The first-order chi connectivity index (χ1) is 17.9. The SMILES string of the molecule is CCC(CO)CCC(C)Nc1nc(NCC2CC2)nc(C)c1/C(=C/C1=CCC(OC)=NC(OC)=C1)OC. The predicted octanol–water partition coefficient (Wildman–Crippen LogP) is 5.06. The quantitative estimate of drug-likeness (QED) is 0.296. The van der Waals surface area contributed by atoms with Gasteiger partial charge in [-0.1, -0.05) is 19.4 Å². The van der Waals surface area contributed by atoms with Crippen LogP contribution in [0.3, 0.4) is 0 Å². The van der Waals surface area contributed by atoms with E-state index in [4.69, 9.17) is 24.2 Å². The zero-order valence-corrected chi connectivity index (χ0v) is 23.1. The Morgan fingerprint density at radius 1 is 1.19 bits per heavy atom. The molecule has 37 heavy (non-hydrogen) atoms. The van der Waals surface area contributed by atoms with Gasteiger partial charge >= 0.3 is 0 Å². The van der Waals surface area contributed by atoms with Crippen LogP contribution in [0.5, 0.6) is 0 Å². The summed E-state index contributed by atoms with van der Waals surface area (Å²) in [6.07, 6.45) is 11.7. The average Bonchev–Trinajstić information content (AvgIpc) is 3.74. The summed E-state index contributed by atoms with van der Waals surface area (Å²) in [4.78, 5) is 14.0. The van der Waals surface area contributed by atoms with Crippen molar-refractivity contribution in [1.82, 2.24) is 9.97 Å². The highest BCUT2D eigenvalue weighted by Gasteiger charge is 2.23. The maximum absolute atomic E-state index is 9.60. The molecule has 204 valence electrons. The molecule has 9 nitrogen and oxygen atoms in total. The minimum absolute atomic E-state index is 0.151. The zero-order chi connectivity index (χ0) is 26.8. The summed E-state index contributed by atoms with van der Waals surface area (Å²) in [6, 6.07) is 0.151. The topological polar surface area (TPSA) is 110 Å². The molecule has 1 aromatic heterocycles. The Morgan fingerprint density at radius 3 is 2.59 bits per heavy atom. The van der Waals surface area contributed by atoms with Crippen molar-refractivity contribution in [3.05, 3.63) is 40.9 Å². The van der Waals surface area contributed by atoms with Gasteiger partial charge in [0.15, 0.2) is 5.90 Å². The number of hydrogen-bond acceptors (Lipinski definition) is 9. The van der Waals surface area contributed by atoms with E-state index in [0.717, 1.165) is 48.5 Å². The minimum atomic E-state index is 0.151. The van der Waals surface area contributed by atoms with Gasteiger partial charge in [-0.3, -0.25) is 0 Å². The zero-order valence-electron chi connectivity index (χ0n) is 23.1. The Kier molecular flexibility index (Phi) is 10.8. The Morgan fingerprint density at radius 2 is 1.97 bits per heavy atom. The minimum Gasteiger partial charge on any atom is -0.496 e. The van der Waals surface area contributed by atoms with Crippen LogP contribution in [0.25, 0.3) is 5.76 Å². The summed E-state index contributed by atoms with van der Waals surface area (Å²) < 4.78 is 16.6. The van der Waals surface area contributed by atoms with Gasteiger partial charge in [0.25, 0.3) is 0 Å². The molecule has 0 radical (unpaired) electrons. The van der Waals surface area contributed by atoms with Gasteiger partial charge in [0, 0.05) is 31.7 Å². The third-order valence-corrected chi connectivity index (χ3v) is 6.81. The number of aromatic nitrogens is 2. The van der Waals surface area contributed by atoms with Crippen LogP contribution in [-0.4, -0.2) is 61.5 Å². The summed E-state index contributed by atoms with van der Waals surface area (Å²) in [7, 11) is 4.84. The van der Waals surface area contributed by atoms with Crippen LogP contribution < -0.4 is 10.6 Å². The van der Waals surface area contributed by atoms with Crippen LogP contribution in [0.1, 0.15) is 63.6 Å². The van der Waals surface area contributed by atoms with E-state index in [0.29, 0.717) is 41.7 Å². The molecule has 2 atom stereocenters. The third kappa shape index (κ3) is 8.49. The summed E-state index contributed by atoms with van der Waals surface area (Å²) in [5.74, 6) is 4.04. The molecule has 1 aromatic rings. The summed E-state index contributed by atoms with van der Waals surface area (Å²) in [5.41, 5.74) is 2.51. The Bertz CT molecular complexity index is 1030. The van der Waals surface area contributed by atoms with Crippen LogP contribution in [-0.2, 0) is 14.2 Å². The number of methoxy groups -OCH3 is 3. The van der Waals surface area contributed by atoms with Gasteiger partial charge in [-0.05, 0) is 63.0 Å². The number of nitrogens with one attached hydrogen (secondary N) is 2. The number of rotatable bonds is 14. The molecule has 1 aliphatic carbocycles. The highest BCUT2D eigenvalue weighted by atomic mass is 16.5. The van der Waals surface area contributed by atoms with E-state index >= 15 is 0 Å². The molecule has 1 saturated carbocycles. The lowest BCUT2D eigenvalue weighted by Gasteiger charge is -2.22. The molecule has 1 aliphatic heterocycles. The molecule has 9 heteroatoms. The van der Waals surface area contributed by atoms with E-state index in [1.54, 1.807) is 21.3 Å². The second-order valence-electron chi connectivity index (χ2n) is 9.78. The standard InChI is InChI=1S/C28H43N5O4/c1-7-20(17-34)9-8-18(2)30-27-26(19(3)31-28(33-27)29-16-21-10-11-21)23(35-4)14-22-12-13-24(36-5)32-25(15-22)37-6/h12,14-15,18,20-21,34H,7-11,13,16-17H2,1-6H3,(H2,29,30,31,33)/b23-14-. The lowest BCUT2D eigenvalue weighted by molar-refractivity contribution is 0.211. The third-order valence-electron chi connectivity index (χ3n) is 6.81. The van der Waals surface area contributed by atoms with Gasteiger partial charge in [0.05, 0.1) is 32.6 Å². The molecular formula is C28H43N5O4. The van der Waals surface area contributed by atoms with Crippen molar-refractivity contribution < 1.29 is 19.3 Å². The molecular weight excluding hydrogens is 470 g/mol. The number of anilines is 2. The fraction of sp³-hybridized carbons (Fsp3) is 0.607. The van der Waals surface area contributed by atoms with Crippen molar-refractivity contribution in [2.75, 3.05) is 45.1 Å². The Balaban J connectivity index is 1.93. The van der Waals surface area contributed by atoms with Crippen LogP contribution in [0.2, 0.25) is 0 Å². The van der Waals surface area contributed by atoms with Crippen molar-refractivity contribution in [3.63, 3.8) is 0 Å². The normalized spacial score (nSPS) is 17.6. The van der Waals surface area contributed by atoms with E-state index in [1.165, 1.54) is 12.8 Å². The molecule has 2 unspecified atom stereocenters. The van der Waals surface area contributed by atoms with E-state index < -0.39 is 0 Å². The monoisotopic (exact) mass is 513 g/mol. The number of aryl methyl sites for hydroxylation is 1. The molecule has 1 fully saturated rings. The summed E-state index contributed by atoms with van der Waals surface area (Å²) in [5, 5.41) is 16.6. The van der Waals surface area contributed by atoms with Crippen LogP contribution in [0.15, 0.2) is 34.7 Å². The van der Waals surface area contributed by atoms with Crippen LogP contribution >= 0.6 is 0 Å². The molecule has 0 bridgehead atoms. The number of aliphatic hydroxyl groups is 1. The van der Waals surface area contributed by atoms with Gasteiger partial charge in [-0.15, -0.1) is 0 Å². The van der Waals surface area contributed by atoms with Crippen LogP contribution in [0, 0.1) is 18.8 Å². The second kappa shape index (κ2) is 14.0. The first-order valence-corrected chi connectivity index (χ1v) is 13.2. The van der Waals surface area contributed by atoms with Crippen molar-refractivity contribution >= 4 is 23.4 Å². The van der Waals surface area contributed by atoms with E-state index in [9.17, 15) is 5.11 Å². The van der Waals surface area contributed by atoms with Crippen molar-refractivity contribution in [1.29, 1.82) is 0 Å². The van der Waals surface area contributed by atoms with E-state index in [-0.39, 0.29) is 12.6 Å². The van der Waals surface area contributed by atoms with Gasteiger partial charge in [0.1, 0.15) is 11.6 Å². The number of aliphatic imine (C=N–C) groups is 1. The lowest BCUT2D eigenvalue weighted by Crippen LogP contribution is -2.21. The van der Waals surface area contributed by atoms with E-state index in [1.807, 2.05) is 25.2 Å². The molecule has 3 N–H and O–H groups in total. The second-order valence-corrected chi connectivity index (χ2v) is 9.78. The Labute approximate surface area is 221 Å². The number of hydrogen-bond donors (Lipinski definition) is 3. The summed E-state index contributed by atoms with van der Waals surface area (Å²) >= 11 is 0. The first kappa shape index (κ1) is 28.5. The fourth-order valence-electron chi connectivity index (χ4n) is 4.15. The molecule has 3 rings (SSSR count). The number of aliphatic hydroxyl groups excluding tert-OH is 1. The van der Waals surface area contributed by atoms with Crippen LogP contribution in [0.4, 0.5) is 11.8 Å². The molecule has 0 amide bonds. The van der Waals surface area contributed by atoms with Gasteiger partial charge < -0.3 is 30.0 Å². The predicted molar refractivity (Wildman–Crippen MR) is 148 cm³/mol. The molecule has 2 heterocycles. The number of nitrogens with zero attached hydrogens (tertiary/aromatic N) is 3. The van der Waals surface area contributed by atoms with E-state index in [2.05, 4.69) is 29.5 Å². The van der Waals surface area contributed by atoms with Gasteiger partial charge in [-0.25, -0.2) is 4.98 Å². The molecule has 0 spiro atoms. The molecule has 0 saturated heterocycles. The van der Waals surface area contributed by atoms with Crippen molar-refractivity contribution in [2.24, 2.45) is 16.8 Å². The maximum atomic E-state index is 9.60. The van der Waals surface area contributed by atoms with Crippen molar-refractivity contribution in [2.45, 2.75) is 65.3 Å². The number of ether oxygens (including phenoxy) is 3. The molecule has 0 aromatic carbocycles. The maximum Gasteiger partial charge on any atom is 0.224 e. The Hall–Kier alpha value is -3.07. The smallest absolute Gasteiger partial charge is 0.224 e. The highest BCUT2D eigenvalue weighted by molar-refractivity contribution is 5.80. The van der Waals surface area contributed by atoms with Gasteiger partial charge in [0.2, 0.25) is 11.8 Å².